The second kappa shape index (κ2) is 9.09. The Morgan fingerprint density at radius 1 is 1.03 bits per heavy atom. The van der Waals surface area contributed by atoms with Crippen LogP contribution in [0.2, 0.25) is 0 Å². The van der Waals surface area contributed by atoms with E-state index in [9.17, 15) is 13.6 Å². The summed E-state index contributed by atoms with van der Waals surface area (Å²) in [6.07, 6.45) is 4.50. The molecule has 3 aromatic rings. The molecular weight excluding hydrogens is 386 g/mol. The molecule has 2 heterocycles. The first kappa shape index (κ1) is 20.1. The van der Waals surface area contributed by atoms with Crippen molar-refractivity contribution in [3.63, 3.8) is 0 Å². The number of amides is 1. The van der Waals surface area contributed by atoms with E-state index in [-0.39, 0.29) is 23.6 Å². The molecule has 7 heteroatoms. The van der Waals surface area contributed by atoms with Gasteiger partial charge < -0.3 is 5.32 Å². The van der Waals surface area contributed by atoms with E-state index in [2.05, 4.69) is 20.2 Å². The van der Waals surface area contributed by atoms with E-state index in [1.165, 1.54) is 30.6 Å². The first-order valence-electron chi connectivity index (χ1n) is 9.93. The molecule has 1 N–H and O–H groups in total. The molecule has 1 aromatic heterocycles. The fraction of sp³-hybridized carbons (Fsp3) is 0.261. The smallest absolute Gasteiger partial charge is 0.254 e. The summed E-state index contributed by atoms with van der Waals surface area (Å²) < 4.78 is 27.2. The van der Waals surface area contributed by atoms with Crippen molar-refractivity contribution in [3.8, 4) is 11.4 Å². The molecule has 1 saturated heterocycles. The number of carbonyl (C=O) groups is 1. The fourth-order valence-electron chi connectivity index (χ4n) is 3.59. The monoisotopic (exact) mass is 408 g/mol. The lowest BCUT2D eigenvalue weighted by Crippen LogP contribution is -2.44. The topological polar surface area (TPSA) is 58.1 Å². The number of hydrogen-bond donors (Lipinski definition) is 1. The largest absolute Gasteiger partial charge is 0.349 e. The molecule has 154 valence electrons. The average Bonchev–Trinajstić information content (AvgIpc) is 2.77. The zero-order chi connectivity index (χ0) is 20.9. The van der Waals surface area contributed by atoms with Crippen LogP contribution >= 0.6 is 0 Å². The van der Waals surface area contributed by atoms with Crippen LogP contribution in [-0.4, -0.2) is 39.9 Å². The molecule has 0 saturated carbocycles. The van der Waals surface area contributed by atoms with Crippen molar-refractivity contribution in [2.75, 3.05) is 13.1 Å². The third kappa shape index (κ3) is 4.86. The molecule has 1 aliphatic rings. The molecule has 0 aliphatic carbocycles. The summed E-state index contributed by atoms with van der Waals surface area (Å²) in [6, 6.07) is 12.9. The maximum atomic E-state index is 13.8. The van der Waals surface area contributed by atoms with Gasteiger partial charge in [0.05, 0.1) is 5.56 Å². The third-order valence-electron chi connectivity index (χ3n) is 5.27. The zero-order valence-electron chi connectivity index (χ0n) is 16.4. The number of likely N-dealkylation sites (tertiary alicyclic amines) is 1. The number of aromatic nitrogens is 2. The van der Waals surface area contributed by atoms with Crippen molar-refractivity contribution in [2.45, 2.75) is 25.4 Å². The van der Waals surface area contributed by atoms with E-state index in [1.807, 2.05) is 6.07 Å². The van der Waals surface area contributed by atoms with Gasteiger partial charge in [-0.25, -0.2) is 18.7 Å². The number of carbonyl (C=O) groups excluding carboxylic acids is 1. The van der Waals surface area contributed by atoms with E-state index >= 15 is 0 Å². The van der Waals surface area contributed by atoms with Gasteiger partial charge in [0.25, 0.3) is 5.91 Å². The van der Waals surface area contributed by atoms with Crippen molar-refractivity contribution < 1.29 is 13.6 Å². The number of halogens is 2. The normalized spacial score (nSPS) is 15.1. The van der Waals surface area contributed by atoms with Gasteiger partial charge in [0.2, 0.25) is 0 Å². The lowest BCUT2D eigenvalue weighted by Gasteiger charge is -2.32. The number of piperidine rings is 1. The highest BCUT2D eigenvalue weighted by atomic mass is 19.1. The summed E-state index contributed by atoms with van der Waals surface area (Å²) in [5.74, 6) is -0.408. The summed E-state index contributed by atoms with van der Waals surface area (Å²) in [4.78, 5) is 23.1. The highest BCUT2D eigenvalue weighted by Crippen LogP contribution is 2.17. The Balaban J connectivity index is 1.30. The summed E-state index contributed by atoms with van der Waals surface area (Å²) in [6.45, 7) is 2.14. The van der Waals surface area contributed by atoms with Crippen LogP contribution in [0.4, 0.5) is 8.78 Å². The van der Waals surface area contributed by atoms with Gasteiger partial charge in [-0.15, -0.1) is 0 Å². The summed E-state index contributed by atoms with van der Waals surface area (Å²) >= 11 is 0. The van der Waals surface area contributed by atoms with Gasteiger partial charge in [-0.2, -0.15) is 0 Å². The molecule has 4 rings (SSSR count). The Kier molecular flexibility index (Phi) is 6.09. The minimum absolute atomic E-state index is 0.0530. The lowest BCUT2D eigenvalue weighted by molar-refractivity contribution is 0.0908. The van der Waals surface area contributed by atoms with Gasteiger partial charge in [0, 0.05) is 49.2 Å². The Morgan fingerprint density at radius 3 is 2.47 bits per heavy atom. The molecular formula is C23H22F2N4O. The molecule has 0 spiro atoms. The molecule has 0 bridgehead atoms. The second-order valence-corrected chi connectivity index (χ2v) is 7.42. The van der Waals surface area contributed by atoms with Crippen molar-refractivity contribution in [3.05, 3.63) is 83.7 Å². The van der Waals surface area contributed by atoms with Gasteiger partial charge in [-0.1, -0.05) is 30.3 Å². The molecule has 1 amide bonds. The van der Waals surface area contributed by atoms with Crippen LogP contribution in [0.3, 0.4) is 0 Å². The van der Waals surface area contributed by atoms with Crippen LogP contribution in [0.25, 0.3) is 11.4 Å². The quantitative estimate of drug-likeness (QED) is 0.697. The van der Waals surface area contributed by atoms with Crippen molar-refractivity contribution in [2.24, 2.45) is 0 Å². The third-order valence-corrected chi connectivity index (χ3v) is 5.27. The Hall–Kier alpha value is -3.19. The first-order chi connectivity index (χ1) is 14.6. The standard InChI is InChI=1S/C23H22F2N4O/c24-19-6-3-5-16(12-19)22-26-13-18(14-27-22)23(30)28-20-8-10-29(11-9-20)15-17-4-1-2-7-21(17)25/h1-7,12-14,20H,8-11,15H2,(H,28,30). The first-order valence-corrected chi connectivity index (χ1v) is 9.93. The SMILES string of the molecule is O=C(NC1CCN(Cc2ccccc2F)CC1)c1cnc(-c2cccc(F)c2)nc1. The number of hydrogen-bond acceptors (Lipinski definition) is 4. The lowest BCUT2D eigenvalue weighted by atomic mass is 10.0. The van der Waals surface area contributed by atoms with E-state index in [0.29, 0.717) is 29.1 Å². The van der Waals surface area contributed by atoms with Crippen LogP contribution < -0.4 is 5.32 Å². The van der Waals surface area contributed by atoms with Gasteiger partial charge in [0.1, 0.15) is 11.6 Å². The van der Waals surface area contributed by atoms with Crippen molar-refractivity contribution in [1.82, 2.24) is 20.2 Å². The fourth-order valence-corrected chi connectivity index (χ4v) is 3.59. The molecule has 2 aromatic carbocycles. The van der Waals surface area contributed by atoms with Crippen LogP contribution in [0, 0.1) is 11.6 Å². The molecule has 0 radical (unpaired) electrons. The molecule has 5 nitrogen and oxygen atoms in total. The number of nitrogens with zero attached hydrogens (tertiary/aromatic N) is 3. The minimum atomic E-state index is -0.362. The molecule has 1 aliphatic heterocycles. The van der Waals surface area contributed by atoms with Gasteiger partial charge in [-0.05, 0) is 31.0 Å². The molecule has 0 atom stereocenters. The molecule has 0 unspecified atom stereocenters. The van der Waals surface area contributed by atoms with Crippen molar-refractivity contribution >= 4 is 5.91 Å². The van der Waals surface area contributed by atoms with Crippen LogP contribution in [0.5, 0.6) is 0 Å². The maximum Gasteiger partial charge on any atom is 0.254 e. The number of nitrogens with one attached hydrogen (secondary N) is 1. The van der Waals surface area contributed by atoms with E-state index in [4.69, 9.17) is 0 Å². The minimum Gasteiger partial charge on any atom is -0.349 e. The molecule has 1 fully saturated rings. The van der Waals surface area contributed by atoms with Gasteiger partial charge in [-0.3, -0.25) is 9.69 Å². The van der Waals surface area contributed by atoms with Crippen LogP contribution in [0.15, 0.2) is 60.9 Å². The average molecular weight is 408 g/mol. The summed E-state index contributed by atoms with van der Waals surface area (Å²) in [5.41, 5.74) is 1.61. The highest BCUT2D eigenvalue weighted by Gasteiger charge is 2.22. The highest BCUT2D eigenvalue weighted by molar-refractivity contribution is 5.93. The molecule has 30 heavy (non-hydrogen) atoms. The van der Waals surface area contributed by atoms with Gasteiger partial charge in [0.15, 0.2) is 5.82 Å². The van der Waals surface area contributed by atoms with Gasteiger partial charge >= 0.3 is 0 Å². The second-order valence-electron chi connectivity index (χ2n) is 7.42. The zero-order valence-corrected chi connectivity index (χ0v) is 16.4. The number of benzene rings is 2. The predicted molar refractivity (Wildman–Crippen MR) is 110 cm³/mol. The predicted octanol–water partition coefficient (Wildman–Crippen LogP) is 3.82. The van der Waals surface area contributed by atoms with Crippen LogP contribution in [-0.2, 0) is 6.54 Å². The Bertz CT molecular complexity index is 1020. The van der Waals surface area contributed by atoms with E-state index in [1.54, 1.807) is 24.3 Å². The Morgan fingerprint density at radius 2 is 1.77 bits per heavy atom. The van der Waals surface area contributed by atoms with E-state index in [0.717, 1.165) is 25.9 Å². The Labute approximate surface area is 173 Å². The summed E-state index contributed by atoms with van der Waals surface area (Å²) in [7, 11) is 0. The summed E-state index contributed by atoms with van der Waals surface area (Å²) in [5, 5.41) is 3.02. The van der Waals surface area contributed by atoms with E-state index < -0.39 is 0 Å². The number of rotatable bonds is 5. The van der Waals surface area contributed by atoms with Crippen molar-refractivity contribution in [1.29, 1.82) is 0 Å². The maximum absolute atomic E-state index is 13.8. The van der Waals surface area contributed by atoms with Crippen LogP contribution in [0.1, 0.15) is 28.8 Å².